The smallest absolute Gasteiger partial charge is 0.340 e. The Morgan fingerprint density at radius 2 is 1.58 bits per heavy atom. The Labute approximate surface area is 232 Å². The molecule has 1 N–H and O–H groups in total. The minimum Gasteiger partial charge on any atom is -0.458 e. The second kappa shape index (κ2) is 12.3. The Morgan fingerprint density at radius 3 is 2.09 bits per heavy atom. The van der Waals surface area contributed by atoms with Crippen molar-refractivity contribution in [3.8, 4) is 0 Å². The highest BCUT2D eigenvalue weighted by Gasteiger charge is 2.29. The van der Waals surface area contributed by atoms with E-state index in [0.717, 1.165) is 0 Å². The molecule has 0 saturated heterocycles. The Morgan fingerprint density at radius 1 is 0.970 bits per heavy atom. The molecule has 0 saturated carbocycles. The first-order valence-electron chi connectivity index (χ1n) is 9.57. The summed E-state index contributed by atoms with van der Waals surface area (Å²) in [5.41, 5.74) is 1.79. The van der Waals surface area contributed by atoms with Gasteiger partial charge in [-0.1, -0.05) is 30.3 Å². The van der Waals surface area contributed by atoms with E-state index in [9.17, 15) is 19.2 Å². The first kappa shape index (κ1) is 27.8. The lowest BCUT2D eigenvalue weighted by Crippen LogP contribution is -2.27. The van der Waals surface area contributed by atoms with Gasteiger partial charge in [-0.25, -0.2) is 4.79 Å². The average molecular weight is 790 g/mol. The maximum absolute atomic E-state index is 13.2. The average Bonchev–Trinajstić information content (AvgIpc) is 2.74. The molecule has 2 aromatic rings. The molecular formula is C22H21I3N2O6. The molecule has 2 rings (SSSR count). The summed E-state index contributed by atoms with van der Waals surface area (Å²) in [6.07, 6.45) is -0.777. The van der Waals surface area contributed by atoms with Gasteiger partial charge in [-0.15, -0.1) is 0 Å². The number of hydrogen-bond acceptors (Lipinski definition) is 6. The van der Waals surface area contributed by atoms with Crippen LogP contribution < -0.4 is 10.2 Å². The summed E-state index contributed by atoms with van der Waals surface area (Å²) in [5, 5.41) is 2.74. The van der Waals surface area contributed by atoms with Crippen LogP contribution in [0.1, 0.15) is 42.8 Å². The van der Waals surface area contributed by atoms with Crippen LogP contribution in [0.15, 0.2) is 30.3 Å². The van der Waals surface area contributed by atoms with Crippen molar-refractivity contribution in [2.45, 2.75) is 26.9 Å². The van der Waals surface area contributed by atoms with E-state index < -0.39 is 18.0 Å². The third-order valence-corrected chi connectivity index (χ3v) is 7.63. The van der Waals surface area contributed by atoms with E-state index in [0.29, 0.717) is 27.6 Å². The molecule has 0 heterocycles. The second-order valence-electron chi connectivity index (χ2n) is 6.91. The zero-order valence-corrected chi connectivity index (χ0v) is 24.7. The van der Waals surface area contributed by atoms with Gasteiger partial charge in [0.15, 0.2) is 6.10 Å². The van der Waals surface area contributed by atoms with Crippen molar-refractivity contribution >= 4 is 103 Å². The molecule has 0 aliphatic rings. The van der Waals surface area contributed by atoms with Crippen LogP contribution in [-0.4, -0.2) is 37.4 Å². The van der Waals surface area contributed by atoms with Crippen LogP contribution in [0.25, 0.3) is 0 Å². The molecule has 0 fully saturated rings. The van der Waals surface area contributed by atoms with Crippen LogP contribution in [0, 0.1) is 10.7 Å². The van der Waals surface area contributed by atoms with E-state index in [2.05, 4.69) is 5.32 Å². The number of nitrogens with zero attached hydrogens (tertiary/aromatic N) is 1. The molecule has 0 aliphatic carbocycles. The fraction of sp³-hybridized carbons (Fsp3) is 0.273. The lowest BCUT2D eigenvalue weighted by molar-refractivity contribution is -0.149. The standard InChI is InChI=1S/C22H21I3N2O6/c1-11(28)26-20-17(23)16(18(24)21(19(20)25)27(4)12(2)29)22(31)32-10-15(33-13(3)30)14-8-6-5-7-9-14/h5-9,15H,10H2,1-4H3,(H,26,28). The van der Waals surface area contributed by atoms with Gasteiger partial charge in [0.25, 0.3) is 0 Å². The van der Waals surface area contributed by atoms with Crippen LogP contribution in [0.2, 0.25) is 0 Å². The number of esters is 2. The lowest BCUT2D eigenvalue weighted by Gasteiger charge is -2.24. The van der Waals surface area contributed by atoms with Crippen LogP contribution in [0.5, 0.6) is 0 Å². The van der Waals surface area contributed by atoms with E-state index in [1.807, 2.05) is 73.8 Å². The van der Waals surface area contributed by atoms with Gasteiger partial charge in [0.2, 0.25) is 11.8 Å². The van der Waals surface area contributed by atoms with Crippen molar-refractivity contribution < 1.29 is 28.7 Å². The fourth-order valence-electron chi connectivity index (χ4n) is 2.86. The minimum atomic E-state index is -0.777. The maximum Gasteiger partial charge on any atom is 0.340 e. The third kappa shape index (κ3) is 7.00. The van der Waals surface area contributed by atoms with E-state index >= 15 is 0 Å². The van der Waals surface area contributed by atoms with Crippen molar-refractivity contribution in [3.63, 3.8) is 0 Å². The first-order valence-corrected chi connectivity index (χ1v) is 12.8. The van der Waals surface area contributed by atoms with Gasteiger partial charge in [0, 0.05) is 27.8 Å². The van der Waals surface area contributed by atoms with E-state index in [4.69, 9.17) is 9.47 Å². The van der Waals surface area contributed by atoms with E-state index in [1.54, 1.807) is 31.3 Å². The molecule has 2 amide bonds. The molecule has 176 valence electrons. The largest absolute Gasteiger partial charge is 0.458 e. The summed E-state index contributed by atoms with van der Waals surface area (Å²) in [6, 6.07) is 8.96. The molecule has 0 bridgehead atoms. The summed E-state index contributed by atoms with van der Waals surface area (Å²) in [6.45, 7) is 3.85. The van der Waals surface area contributed by atoms with Gasteiger partial charge >= 0.3 is 11.9 Å². The van der Waals surface area contributed by atoms with Crippen molar-refractivity contribution in [1.29, 1.82) is 0 Å². The molecule has 0 radical (unpaired) electrons. The SMILES string of the molecule is CC(=O)Nc1c(I)c(C(=O)OCC(OC(C)=O)c2ccccc2)c(I)c(N(C)C(C)=O)c1I. The molecule has 1 atom stereocenters. The molecular weight excluding hydrogens is 769 g/mol. The predicted octanol–water partition coefficient (Wildman–Crippen LogP) is 4.90. The molecule has 0 aliphatic heterocycles. The van der Waals surface area contributed by atoms with Gasteiger partial charge in [-0.05, 0) is 73.3 Å². The predicted molar refractivity (Wildman–Crippen MR) is 149 cm³/mol. The molecule has 2 aromatic carbocycles. The highest BCUT2D eigenvalue weighted by atomic mass is 127. The minimum absolute atomic E-state index is 0.200. The van der Waals surface area contributed by atoms with Crippen molar-refractivity contribution in [3.05, 3.63) is 52.2 Å². The van der Waals surface area contributed by atoms with Crippen molar-refractivity contribution in [2.24, 2.45) is 0 Å². The van der Waals surface area contributed by atoms with Gasteiger partial charge in [0.05, 0.1) is 27.6 Å². The quantitative estimate of drug-likeness (QED) is 0.317. The number of amides is 2. The summed E-state index contributed by atoms with van der Waals surface area (Å²) >= 11 is 6.00. The topological polar surface area (TPSA) is 102 Å². The van der Waals surface area contributed by atoms with Crippen LogP contribution >= 0.6 is 67.8 Å². The molecule has 0 aromatic heterocycles. The number of nitrogens with one attached hydrogen (secondary N) is 1. The highest BCUT2D eigenvalue weighted by molar-refractivity contribution is 14.1. The van der Waals surface area contributed by atoms with Crippen LogP contribution in [0.3, 0.4) is 0 Å². The summed E-state index contributed by atoms with van der Waals surface area (Å²) in [7, 11) is 1.59. The molecule has 11 heteroatoms. The molecule has 0 spiro atoms. The number of hydrogen-bond donors (Lipinski definition) is 1. The number of carbonyl (C=O) groups is 4. The zero-order chi connectivity index (χ0) is 24.9. The Hall–Kier alpha value is -1.49. The van der Waals surface area contributed by atoms with E-state index in [-0.39, 0.29) is 24.0 Å². The normalized spacial score (nSPS) is 11.4. The Bertz CT molecular complexity index is 1090. The van der Waals surface area contributed by atoms with Gasteiger partial charge < -0.3 is 19.7 Å². The summed E-state index contributed by atoms with van der Waals surface area (Å²) in [4.78, 5) is 50.1. The zero-order valence-electron chi connectivity index (χ0n) is 18.2. The van der Waals surface area contributed by atoms with Crippen molar-refractivity contribution in [2.75, 3.05) is 23.9 Å². The van der Waals surface area contributed by atoms with Gasteiger partial charge in [-0.3, -0.25) is 14.4 Å². The molecule has 33 heavy (non-hydrogen) atoms. The number of benzene rings is 2. The first-order chi connectivity index (χ1) is 15.5. The number of halogens is 3. The molecule has 1 unspecified atom stereocenters. The van der Waals surface area contributed by atoms with Crippen LogP contribution in [0.4, 0.5) is 11.4 Å². The Balaban J connectivity index is 2.49. The summed E-state index contributed by atoms with van der Waals surface area (Å²) < 4.78 is 12.5. The van der Waals surface area contributed by atoms with Crippen molar-refractivity contribution in [1.82, 2.24) is 0 Å². The monoisotopic (exact) mass is 790 g/mol. The summed E-state index contributed by atoms with van der Waals surface area (Å²) in [5.74, 6) is -1.73. The van der Waals surface area contributed by atoms with Gasteiger partial charge in [-0.2, -0.15) is 0 Å². The van der Waals surface area contributed by atoms with Gasteiger partial charge in [0.1, 0.15) is 6.61 Å². The lowest BCUT2D eigenvalue weighted by atomic mass is 10.1. The van der Waals surface area contributed by atoms with E-state index in [1.165, 1.54) is 25.7 Å². The highest BCUT2D eigenvalue weighted by Crippen LogP contribution is 2.41. The third-order valence-electron chi connectivity index (χ3n) is 4.45. The number of carbonyl (C=O) groups excluding carboxylic acids is 4. The Kier molecular flexibility index (Phi) is 10.3. The number of rotatable bonds is 7. The fourth-order valence-corrected chi connectivity index (χ4v) is 7.46. The number of anilines is 2. The maximum atomic E-state index is 13.2. The number of ether oxygens (including phenoxy) is 2. The molecule has 8 nitrogen and oxygen atoms in total. The van der Waals surface area contributed by atoms with Crippen LogP contribution in [-0.2, 0) is 23.9 Å². The second-order valence-corrected chi connectivity index (χ2v) is 10.1.